The highest BCUT2D eigenvalue weighted by Gasteiger charge is 2.54. The van der Waals surface area contributed by atoms with E-state index >= 15 is 0 Å². The number of carboxylic acid groups (broad SMARTS) is 1. The molecule has 0 amide bonds. The van der Waals surface area contributed by atoms with E-state index in [9.17, 15) is 23.8 Å². The molecule has 0 aromatic heterocycles. The van der Waals surface area contributed by atoms with Crippen LogP contribution in [-0.2, 0) is 16.8 Å². The van der Waals surface area contributed by atoms with Gasteiger partial charge in [-0.25, -0.2) is 13.6 Å². The van der Waals surface area contributed by atoms with Crippen LogP contribution in [0.1, 0.15) is 43.2 Å². The van der Waals surface area contributed by atoms with E-state index in [1.54, 1.807) is 24.3 Å². The molecular weight excluding hydrogens is 328 g/mol. The summed E-state index contributed by atoms with van der Waals surface area (Å²) in [6.45, 7) is 1.93. The lowest BCUT2D eigenvalue weighted by Crippen LogP contribution is -2.43. The van der Waals surface area contributed by atoms with Crippen LogP contribution in [0.2, 0.25) is 0 Å². The van der Waals surface area contributed by atoms with Crippen molar-refractivity contribution >= 4 is 5.97 Å². The second-order valence-electron chi connectivity index (χ2n) is 7.42. The van der Waals surface area contributed by atoms with Gasteiger partial charge < -0.3 is 15.5 Å². The van der Waals surface area contributed by atoms with Gasteiger partial charge in [0.1, 0.15) is 0 Å². The van der Waals surface area contributed by atoms with E-state index in [0.717, 1.165) is 31.5 Å². The largest absolute Gasteiger partial charge is 0.479 e. The smallest absolute Gasteiger partial charge is 0.340 e. The van der Waals surface area contributed by atoms with Crippen LogP contribution in [0.15, 0.2) is 24.3 Å². The number of rotatable bonds is 6. The topological polar surface area (TPSA) is 69.6 Å². The van der Waals surface area contributed by atoms with Crippen molar-refractivity contribution in [2.24, 2.45) is 11.8 Å². The highest BCUT2D eigenvalue weighted by Crippen LogP contribution is 2.48. The minimum Gasteiger partial charge on any atom is -0.479 e. The van der Waals surface area contributed by atoms with Crippen molar-refractivity contribution in [1.82, 2.24) is 5.32 Å². The predicted molar refractivity (Wildman–Crippen MR) is 89.6 cm³/mol. The summed E-state index contributed by atoms with van der Waals surface area (Å²) in [6, 6.07) is 6.85. The summed E-state index contributed by atoms with van der Waals surface area (Å²) in [5.41, 5.74) is -1.24. The molecule has 138 valence electrons. The molecule has 1 saturated heterocycles. The van der Waals surface area contributed by atoms with Crippen LogP contribution in [0.5, 0.6) is 0 Å². The zero-order valence-corrected chi connectivity index (χ0v) is 14.2. The third kappa shape index (κ3) is 3.70. The quantitative estimate of drug-likeness (QED) is 0.735. The van der Waals surface area contributed by atoms with Gasteiger partial charge in [-0.05, 0) is 55.8 Å². The van der Waals surface area contributed by atoms with E-state index in [0.29, 0.717) is 12.3 Å². The monoisotopic (exact) mass is 353 g/mol. The zero-order valence-electron chi connectivity index (χ0n) is 14.2. The number of aliphatic carboxylic acids is 1. The van der Waals surface area contributed by atoms with E-state index in [-0.39, 0.29) is 18.4 Å². The van der Waals surface area contributed by atoms with E-state index in [1.807, 2.05) is 0 Å². The number of carbonyl (C=O) groups is 1. The van der Waals surface area contributed by atoms with Gasteiger partial charge >= 0.3 is 5.97 Å². The molecule has 2 aliphatic rings. The number of alkyl halides is 2. The molecule has 1 aromatic carbocycles. The second-order valence-corrected chi connectivity index (χ2v) is 7.42. The number of halogens is 2. The average Bonchev–Trinajstić information content (AvgIpc) is 3.21. The number of aliphatic hydroxyl groups is 1. The minimum absolute atomic E-state index is 0.0106. The number of nitrogens with one attached hydrogen (secondary N) is 1. The van der Waals surface area contributed by atoms with Crippen LogP contribution in [-0.4, -0.2) is 35.2 Å². The van der Waals surface area contributed by atoms with Crippen molar-refractivity contribution in [3.05, 3.63) is 35.4 Å². The molecule has 0 unspecified atom stereocenters. The summed E-state index contributed by atoms with van der Waals surface area (Å²) in [5.74, 6) is -4.79. The van der Waals surface area contributed by atoms with Gasteiger partial charge in [0.2, 0.25) is 5.92 Å². The van der Waals surface area contributed by atoms with E-state index in [1.165, 1.54) is 0 Å². The Balaban J connectivity index is 1.87. The number of hydrogen-bond donors (Lipinski definition) is 3. The van der Waals surface area contributed by atoms with Crippen molar-refractivity contribution in [1.29, 1.82) is 0 Å². The Morgan fingerprint density at radius 3 is 2.68 bits per heavy atom. The number of benzene rings is 1. The highest BCUT2D eigenvalue weighted by molar-refractivity contribution is 5.80. The van der Waals surface area contributed by atoms with Crippen molar-refractivity contribution in [3.8, 4) is 0 Å². The standard InChI is InChI=1S/C19H25F2NO3/c20-18(21)9-7-15(11-18)19(25,17(23)24)16-4-2-1-3-14(16)6-5-13-8-10-22-12-13/h1-4,13,15,22,25H,5-12H2,(H,23,24)/t13-,15+,19+/m0/s1. The summed E-state index contributed by atoms with van der Waals surface area (Å²) in [6.07, 6.45) is 1.67. The van der Waals surface area contributed by atoms with Crippen molar-refractivity contribution in [2.75, 3.05) is 13.1 Å². The number of hydrogen-bond acceptors (Lipinski definition) is 3. The van der Waals surface area contributed by atoms with Crippen LogP contribution in [0, 0.1) is 11.8 Å². The Labute approximate surface area is 146 Å². The average molecular weight is 353 g/mol. The molecule has 6 heteroatoms. The van der Waals surface area contributed by atoms with Gasteiger partial charge in [0.15, 0.2) is 5.60 Å². The minimum atomic E-state index is -2.90. The molecule has 0 radical (unpaired) electrons. The van der Waals surface area contributed by atoms with Gasteiger partial charge in [0.25, 0.3) is 0 Å². The third-order valence-corrected chi connectivity index (χ3v) is 5.73. The zero-order chi connectivity index (χ0) is 18.1. The van der Waals surface area contributed by atoms with Gasteiger partial charge in [-0.2, -0.15) is 0 Å². The molecule has 1 aromatic rings. The Kier molecular flexibility index (Phi) is 5.11. The van der Waals surface area contributed by atoms with Crippen molar-refractivity contribution in [2.45, 2.75) is 50.0 Å². The first kappa shape index (κ1) is 18.3. The Bertz CT molecular complexity index is 631. The lowest BCUT2D eigenvalue weighted by atomic mass is 9.77. The molecule has 4 nitrogen and oxygen atoms in total. The normalized spacial score (nSPS) is 28.0. The van der Waals surface area contributed by atoms with Gasteiger partial charge in [0.05, 0.1) is 0 Å². The fraction of sp³-hybridized carbons (Fsp3) is 0.632. The lowest BCUT2D eigenvalue weighted by Gasteiger charge is -2.32. The number of aryl methyl sites for hydroxylation is 1. The molecule has 3 N–H and O–H groups in total. The molecule has 1 heterocycles. The summed E-state index contributed by atoms with van der Waals surface area (Å²) in [4.78, 5) is 11.9. The molecule has 1 aliphatic heterocycles. The molecule has 2 fully saturated rings. The molecule has 0 spiro atoms. The SMILES string of the molecule is O=C(O)[C@](O)(c1ccccc1CC[C@H]1CCNC1)[C@@H]1CCC(F)(F)C1. The summed E-state index contributed by atoms with van der Waals surface area (Å²) in [5, 5.41) is 24.0. The molecule has 1 aliphatic carbocycles. The Morgan fingerprint density at radius 1 is 1.32 bits per heavy atom. The molecule has 3 atom stereocenters. The summed E-state index contributed by atoms with van der Waals surface area (Å²) < 4.78 is 27.3. The summed E-state index contributed by atoms with van der Waals surface area (Å²) in [7, 11) is 0. The lowest BCUT2D eigenvalue weighted by molar-refractivity contribution is -0.167. The van der Waals surface area contributed by atoms with Gasteiger partial charge in [-0.15, -0.1) is 0 Å². The van der Waals surface area contributed by atoms with E-state index < -0.39 is 29.8 Å². The van der Waals surface area contributed by atoms with Gasteiger partial charge in [0, 0.05) is 18.8 Å². The Morgan fingerprint density at radius 2 is 2.08 bits per heavy atom. The molecule has 25 heavy (non-hydrogen) atoms. The van der Waals surface area contributed by atoms with Crippen LogP contribution in [0.4, 0.5) is 8.78 Å². The Hall–Kier alpha value is -1.53. The third-order valence-electron chi connectivity index (χ3n) is 5.73. The maximum atomic E-state index is 13.6. The predicted octanol–water partition coefficient (Wildman–Crippen LogP) is 2.94. The second kappa shape index (κ2) is 7.00. The maximum absolute atomic E-state index is 13.6. The molecule has 1 saturated carbocycles. The van der Waals surface area contributed by atoms with E-state index in [4.69, 9.17) is 0 Å². The summed E-state index contributed by atoms with van der Waals surface area (Å²) >= 11 is 0. The first-order chi connectivity index (χ1) is 11.8. The maximum Gasteiger partial charge on any atom is 0.340 e. The first-order valence-electron chi connectivity index (χ1n) is 8.95. The van der Waals surface area contributed by atoms with Crippen molar-refractivity contribution < 1.29 is 23.8 Å². The van der Waals surface area contributed by atoms with Crippen LogP contribution >= 0.6 is 0 Å². The van der Waals surface area contributed by atoms with E-state index in [2.05, 4.69) is 5.32 Å². The van der Waals surface area contributed by atoms with Crippen LogP contribution in [0.25, 0.3) is 0 Å². The van der Waals surface area contributed by atoms with Gasteiger partial charge in [-0.3, -0.25) is 0 Å². The fourth-order valence-electron chi connectivity index (χ4n) is 4.25. The van der Waals surface area contributed by atoms with Crippen molar-refractivity contribution in [3.63, 3.8) is 0 Å². The molecule has 0 bridgehead atoms. The number of carboxylic acids is 1. The van der Waals surface area contributed by atoms with Gasteiger partial charge in [-0.1, -0.05) is 24.3 Å². The first-order valence-corrected chi connectivity index (χ1v) is 8.95. The highest BCUT2D eigenvalue weighted by atomic mass is 19.3. The van der Waals surface area contributed by atoms with Crippen LogP contribution in [0.3, 0.4) is 0 Å². The molecule has 3 rings (SSSR count). The van der Waals surface area contributed by atoms with Crippen LogP contribution < -0.4 is 5.32 Å². The fourth-order valence-corrected chi connectivity index (χ4v) is 4.25. The molecular formula is C19H25F2NO3.